The number of pyridine rings is 1. The number of carbonyl (C=O) groups excluding carboxylic acids is 3. The summed E-state index contributed by atoms with van der Waals surface area (Å²) in [5, 5.41) is 6.63. The summed E-state index contributed by atoms with van der Waals surface area (Å²) >= 11 is 0. The molecule has 0 fully saturated rings. The van der Waals surface area contributed by atoms with Gasteiger partial charge in [0, 0.05) is 11.3 Å². The van der Waals surface area contributed by atoms with Gasteiger partial charge in [0.25, 0.3) is 17.4 Å². The number of hydrogen-bond donors (Lipinski definition) is 1. The third kappa shape index (κ3) is 4.03. The van der Waals surface area contributed by atoms with Gasteiger partial charge >= 0.3 is 5.97 Å². The second-order valence-corrected chi connectivity index (χ2v) is 7.03. The van der Waals surface area contributed by atoms with Gasteiger partial charge in [-0.25, -0.2) is 9.78 Å². The number of nitrogens with one attached hydrogen (secondary N) is 1. The molecule has 1 amide bonds. The average molecular weight is 445 g/mol. The molecule has 0 bridgehead atoms. The molecule has 2 aromatic heterocycles. The average Bonchev–Trinajstić information content (AvgIpc) is 3.22. The second kappa shape index (κ2) is 8.91. The molecular weight excluding hydrogens is 426 g/mol. The van der Waals surface area contributed by atoms with E-state index in [0.717, 1.165) is 0 Å². The first-order valence-electron chi connectivity index (χ1n) is 9.88. The number of methoxy groups -OCH3 is 2. The molecule has 0 aliphatic rings. The second-order valence-electron chi connectivity index (χ2n) is 7.03. The van der Waals surface area contributed by atoms with Gasteiger partial charge in [0.05, 0.1) is 42.1 Å². The summed E-state index contributed by atoms with van der Waals surface area (Å²) < 4.78 is 15.4. The molecule has 33 heavy (non-hydrogen) atoms. The van der Waals surface area contributed by atoms with Crippen LogP contribution in [-0.4, -0.2) is 42.0 Å². The summed E-state index contributed by atoms with van der Waals surface area (Å²) in [6, 6.07) is 15.2. The highest BCUT2D eigenvalue weighted by molar-refractivity contribution is 6.49. The molecule has 0 aliphatic carbocycles. The Kier molecular flexibility index (Phi) is 5.86. The van der Waals surface area contributed by atoms with Crippen LogP contribution in [0.2, 0.25) is 0 Å². The highest BCUT2D eigenvalue weighted by Crippen LogP contribution is 2.33. The van der Waals surface area contributed by atoms with Crippen LogP contribution in [0.3, 0.4) is 0 Å². The van der Waals surface area contributed by atoms with E-state index < -0.39 is 17.7 Å². The van der Waals surface area contributed by atoms with Crippen LogP contribution in [0, 0.1) is 6.92 Å². The molecule has 0 atom stereocenters. The van der Waals surface area contributed by atoms with Crippen molar-refractivity contribution in [3.8, 4) is 17.0 Å². The molecule has 2 aromatic carbocycles. The minimum atomic E-state index is -0.958. The van der Waals surface area contributed by atoms with E-state index in [1.165, 1.54) is 14.2 Å². The van der Waals surface area contributed by atoms with Gasteiger partial charge in [0.15, 0.2) is 0 Å². The van der Waals surface area contributed by atoms with Gasteiger partial charge in [0.1, 0.15) is 5.75 Å². The Morgan fingerprint density at radius 2 is 1.64 bits per heavy atom. The molecule has 0 spiro atoms. The van der Waals surface area contributed by atoms with Gasteiger partial charge in [-0.3, -0.25) is 9.59 Å². The quantitative estimate of drug-likeness (QED) is 0.270. The van der Waals surface area contributed by atoms with Crippen LogP contribution in [0.15, 0.2) is 59.1 Å². The summed E-state index contributed by atoms with van der Waals surface area (Å²) in [7, 11) is 2.71. The summed E-state index contributed by atoms with van der Waals surface area (Å²) in [4.78, 5) is 43.6. The van der Waals surface area contributed by atoms with Gasteiger partial charge < -0.3 is 19.3 Å². The predicted molar refractivity (Wildman–Crippen MR) is 119 cm³/mol. The van der Waals surface area contributed by atoms with E-state index in [1.807, 2.05) is 0 Å². The van der Waals surface area contributed by atoms with Crippen LogP contribution in [0.5, 0.6) is 5.75 Å². The Morgan fingerprint density at radius 3 is 2.27 bits per heavy atom. The SMILES string of the molecule is COC(=O)c1c(C(=O)C(=O)Nc2ccccc2)c(-c2ccc(OC)cc2)nc2onc(C)c12. The van der Waals surface area contributed by atoms with E-state index >= 15 is 0 Å². The zero-order chi connectivity index (χ0) is 23.5. The van der Waals surface area contributed by atoms with Gasteiger partial charge in [-0.15, -0.1) is 0 Å². The van der Waals surface area contributed by atoms with Crippen molar-refractivity contribution >= 4 is 34.4 Å². The number of hydrogen-bond acceptors (Lipinski definition) is 8. The fourth-order valence-corrected chi connectivity index (χ4v) is 3.43. The van der Waals surface area contributed by atoms with Gasteiger partial charge in [-0.05, 0) is 43.3 Å². The minimum Gasteiger partial charge on any atom is -0.497 e. The number of ketones is 1. The van der Waals surface area contributed by atoms with Crippen molar-refractivity contribution in [1.82, 2.24) is 10.1 Å². The van der Waals surface area contributed by atoms with Crippen molar-refractivity contribution in [1.29, 1.82) is 0 Å². The Morgan fingerprint density at radius 1 is 0.939 bits per heavy atom. The molecule has 0 aliphatic heterocycles. The normalized spacial score (nSPS) is 10.6. The fourth-order valence-electron chi connectivity index (χ4n) is 3.43. The molecule has 4 rings (SSSR count). The molecule has 0 radical (unpaired) electrons. The van der Waals surface area contributed by atoms with Gasteiger partial charge in [0.2, 0.25) is 0 Å². The molecule has 166 valence electrons. The zero-order valence-electron chi connectivity index (χ0n) is 18.0. The van der Waals surface area contributed by atoms with E-state index in [0.29, 0.717) is 22.7 Å². The lowest BCUT2D eigenvalue weighted by molar-refractivity contribution is -0.112. The van der Waals surface area contributed by atoms with Crippen molar-refractivity contribution in [2.75, 3.05) is 19.5 Å². The number of amides is 1. The Hall–Kier alpha value is -4.53. The smallest absolute Gasteiger partial charge is 0.339 e. The first kappa shape index (κ1) is 21.7. The highest BCUT2D eigenvalue weighted by atomic mass is 16.5. The van der Waals surface area contributed by atoms with Gasteiger partial charge in [-0.1, -0.05) is 23.4 Å². The molecule has 9 nitrogen and oxygen atoms in total. The molecule has 2 heterocycles. The van der Waals surface area contributed by atoms with Crippen LogP contribution in [0.25, 0.3) is 22.4 Å². The number of fused-ring (bicyclic) bond motifs is 1. The summed E-state index contributed by atoms with van der Waals surface area (Å²) in [5.74, 6) is -2.13. The summed E-state index contributed by atoms with van der Waals surface area (Å²) in [5.41, 5.74) is 0.995. The number of carbonyl (C=O) groups is 3. The number of Topliss-reactive ketones (excluding diaryl/α,β-unsaturated/α-hetero) is 1. The van der Waals surface area contributed by atoms with Crippen LogP contribution in [0.4, 0.5) is 5.69 Å². The van der Waals surface area contributed by atoms with Crippen molar-refractivity contribution in [2.45, 2.75) is 6.92 Å². The molecule has 4 aromatic rings. The lowest BCUT2D eigenvalue weighted by atomic mass is 9.94. The number of aryl methyl sites for hydroxylation is 1. The van der Waals surface area contributed by atoms with Crippen molar-refractivity contribution in [3.05, 3.63) is 71.4 Å². The molecule has 0 unspecified atom stereocenters. The minimum absolute atomic E-state index is 0.0405. The number of nitrogens with zero attached hydrogens (tertiary/aromatic N) is 2. The predicted octanol–water partition coefficient (Wildman–Crippen LogP) is 3.81. The lowest BCUT2D eigenvalue weighted by Gasteiger charge is -2.14. The van der Waals surface area contributed by atoms with E-state index in [9.17, 15) is 14.4 Å². The largest absolute Gasteiger partial charge is 0.497 e. The first-order valence-corrected chi connectivity index (χ1v) is 9.88. The van der Waals surface area contributed by atoms with Crippen molar-refractivity contribution in [2.24, 2.45) is 0 Å². The third-order valence-corrected chi connectivity index (χ3v) is 5.01. The van der Waals surface area contributed by atoms with Crippen LogP contribution >= 0.6 is 0 Å². The molecular formula is C24H19N3O6. The first-order chi connectivity index (χ1) is 15.9. The topological polar surface area (TPSA) is 121 Å². The molecule has 0 saturated carbocycles. The molecule has 0 saturated heterocycles. The summed E-state index contributed by atoms with van der Waals surface area (Å²) in [6.45, 7) is 1.60. The Bertz CT molecular complexity index is 1360. The molecule has 9 heteroatoms. The molecule has 1 N–H and O–H groups in total. The number of ether oxygens (including phenoxy) is 2. The van der Waals surface area contributed by atoms with Crippen molar-refractivity contribution in [3.63, 3.8) is 0 Å². The van der Waals surface area contributed by atoms with Crippen molar-refractivity contribution < 1.29 is 28.4 Å². The number of aromatic nitrogens is 2. The Labute approximate surface area is 188 Å². The number of benzene rings is 2. The number of rotatable bonds is 6. The summed E-state index contributed by atoms with van der Waals surface area (Å²) in [6.07, 6.45) is 0. The van der Waals surface area contributed by atoms with Gasteiger partial charge in [-0.2, -0.15) is 0 Å². The third-order valence-electron chi connectivity index (χ3n) is 5.01. The maximum Gasteiger partial charge on any atom is 0.339 e. The lowest BCUT2D eigenvalue weighted by Crippen LogP contribution is -2.26. The fraction of sp³-hybridized carbons (Fsp3) is 0.125. The maximum absolute atomic E-state index is 13.4. The van der Waals surface area contributed by atoms with E-state index in [4.69, 9.17) is 14.0 Å². The van der Waals surface area contributed by atoms with Crippen LogP contribution < -0.4 is 10.1 Å². The van der Waals surface area contributed by atoms with E-state index in [2.05, 4.69) is 15.5 Å². The number of anilines is 1. The monoisotopic (exact) mass is 445 g/mol. The van der Waals surface area contributed by atoms with Crippen LogP contribution in [0.1, 0.15) is 26.4 Å². The maximum atomic E-state index is 13.4. The zero-order valence-corrected chi connectivity index (χ0v) is 18.0. The van der Waals surface area contributed by atoms with Crippen LogP contribution in [-0.2, 0) is 9.53 Å². The Balaban J connectivity index is 1.95. The van der Waals surface area contributed by atoms with E-state index in [1.54, 1.807) is 61.5 Å². The number of esters is 1. The highest BCUT2D eigenvalue weighted by Gasteiger charge is 2.33. The number of para-hydroxylation sites is 1. The van der Waals surface area contributed by atoms with E-state index in [-0.39, 0.29) is 27.9 Å². The standard InChI is InChI=1S/C24H19N3O6/c1-13-17-18(24(30)32-3)19(21(28)22(29)25-15-7-5-4-6-8-15)20(26-23(17)33-27-13)14-9-11-16(31-2)12-10-14/h4-12H,1-3H3,(H,25,29).